The summed E-state index contributed by atoms with van der Waals surface area (Å²) in [5, 5.41) is 10.1. The van der Waals surface area contributed by atoms with E-state index >= 15 is 0 Å². The van der Waals surface area contributed by atoms with Crippen molar-refractivity contribution in [2.75, 3.05) is 13.2 Å². The first-order valence-corrected chi connectivity index (χ1v) is 13.0. The Hall–Kier alpha value is -1.85. The fraction of sp³-hybridized carbons (Fsp3) is 0.643. The first-order chi connectivity index (χ1) is 16.0. The Bertz CT molecular complexity index is 969. The molecule has 1 N–H and O–H groups in total. The van der Waals surface area contributed by atoms with Crippen LogP contribution in [0.2, 0.25) is 5.02 Å². The zero-order valence-corrected chi connectivity index (χ0v) is 21.7. The number of carboxylic acid groups (broad SMARTS) is 1. The zero-order valence-electron chi connectivity index (χ0n) is 20.9. The van der Waals surface area contributed by atoms with Gasteiger partial charge in [-0.05, 0) is 72.6 Å². The van der Waals surface area contributed by atoms with Crippen LogP contribution in [0.15, 0.2) is 30.0 Å². The standard InChI is InChI=1S/C28H38ClNO4/c1-27(2,3)10-7-19-5-6-21(15-24(19)29)28(4)16-25(31)30(22-13-20(14-22)26(32)33)17-23(28)18-8-11-34-12-9-18/h5-6,15,17-18,20,22H,7-14,16H2,1-4H3,(H,32,33)/t20?,22?,28-/m0/s1. The number of halogens is 1. The highest BCUT2D eigenvalue weighted by Gasteiger charge is 2.47. The maximum atomic E-state index is 13.4. The topological polar surface area (TPSA) is 66.8 Å². The van der Waals surface area contributed by atoms with Gasteiger partial charge >= 0.3 is 5.97 Å². The Balaban J connectivity index is 1.64. The SMILES string of the molecule is CC(C)(C)CCc1ccc([C@]2(C)CC(=O)N(C3CC(C(=O)O)C3)C=C2C2CCOCC2)cc1Cl. The first kappa shape index (κ1) is 25.2. The average Bonchev–Trinajstić information content (AvgIpc) is 2.73. The first-order valence-electron chi connectivity index (χ1n) is 12.6. The number of amides is 1. The summed E-state index contributed by atoms with van der Waals surface area (Å²) in [6.07, 6.45) is 7.36. The van der Waals surface area contributed by atoms with Crippen LogP contribution in [0.4, 0.5) is 0 Å². The molecule has 1 aliphatic carbocycles. The van der Waals surface area contributed by atoms with Gasteiger partial charge in [-0.1, -0.05) is 51.4 Å². The van der Waals surface area contributed by atoms with E-state index < -0.39 is 11.4 Å². The number of ether oxygens (including phenoxy) is 1. The highest BCUT2D eigenvalue weighted by molar-refractivity contribution is 6.31. The van der Waals surface area contributed by atoms with E-state index in [-0.39, 0.29) is 23.3 Å². The number of carbonyl (C=O) groups is 2. The van der Waals surface area contributed by atoms with Crippen molar-refractivity contribution in [3.8, 4) is 0 Å². The van der Waals surface area contributed by atoms with E-state index in [1.165, 1.54) is 5.57 Å². The molecule has 1 atom stereocenters. The van der Waals surface area contributed by atoms with Gasteiger partial charge in [-0.3, -0.25) is 9.59 Å². The summed E-state index contributed by atoms with van der Waals surface area (Å²) in [4.78, 5) is 26.5. The molecule has 1 aromatic carbocycles. The number of allylic oxidation sites excluding steroid dienone is 1. The smallest absolute Gasteiger partial charge is 0.306 e. The van der Waals surface area contributed by atoms with Gasteiger partial charge in [-0.15, -0.1) is 0 Å². The third-order valence-corrected chi connectivity index (χ3v) is 8.41. The van der Waals surface area contributed by atoms with E-state index in [0.29, 0.717) is 25.2 Å². The number of benzene rings is 1. The molecule has 0 bridgehead atoms. The molecule has 1 amide bonds. The van der Waals surface area contributed by atoms with E-state index in [1.807, 2.05) is 4.90 Å². The molecule has 186 valence electrons. The van der Waals surface area contributed by atoms with E-state index in [2.05, 4.69) is 52.1 Å². The number of aryl methyl sites for hydroxylation is 1. The van der Waals surface area contributed by atoms with Crippen molar-refractivity contribution >= 4 is 23.5 Å². The van der Waals surface area contributed by atoms with Gasteiger partial charge in [0.15, 0.2) is 0 Å². The molecule has 3 aliphatic rings. The minimum absolute atomic E-state index is 0.0173. The lowest BCUT2D eigenvalue weighted by Gasteiger charge is -2.48. The lowest BCUT2D eigenvalue weighted by molar-refractivity contribution is -0.150. The maximum absolute atomic E-state index is 13.4. The van der Waals surface area contributed by atoms with Crippen LogP contribution in [0.25, 0.3) is 0 Å². The molecule has 1 saturated heterocycles. The second kappa shape index (κ2) is 9.66. The van der Waals surface area contributed by atoms with Crippen molar-refractivity contribution in [3.63, 3.8) is 0 Å². The average molecular weight is 488 g/mol. The fourth-order valence-corrected chi connectivity index (χ4v) is 5.90. The second-order valence-electron chi connectivity index (χ2n) is 11.8. The third-order valence-electron chi connectivity index (χ3n) is 8.06. The quantitative estimate of drug-likeness (QED) is 0.535. The molecule has 0 aromatic heterocycles. The summed E-state index contributed by atoms with van der Waals surface area (Å²) in [6, 6.07) is 6.34. The predicted octanol–water partition coefficient (Wildman–Crippen LogP) is 5.98. The Morgan fingerprint density at radius 2 is 1.91 bits per heavy atom. The molecule has 0 spiro atoms. The fourth-order valence-electron chi connectivity index (χ4n) is 5.62. The van der Waals surface area contributed by atoms with Gasteiger partial charge in [0.1, 0.15) is 0 Å². The second-order valence-corrected chi connectivity index (χ2v) is 12.2. The maximum Gasteiger partial charge on any atom is 0.306 e. The summed E-state index contributed by atoms with van der Waals surface area (Å²) < 4.78 is 5.63. The molecule has 0 radical (unpaired) electrons. The Labute approximate surface area is 208 Å². The van der Waals surface area contributed by atoms with E-state index in [9.17, 15) is 14.7 Å². The van der Waals surface area contributed by atoms with Crippen LogP contribution in [-0.4, -0.2) is 41.1 Å². The minimum Gasteiger partial charge on any atom is -0.481 e. The number of carboxylic acids is 1. The van der Waals surface area contributed by atoms with Gasteiger partial charge in [0.05, 0.1) is 5.92 Å². The Kier molecular flexibility index (Phi) is 7.17. The number of nitrogens with zero attached hydrogens (tertiary/aromatic N) is 1. The van der Waals surface area contributed by atoms with Crippen LogP contribution in [0, 0.1) is 17.3 Å². The van der Waals surface area contributed by atoms with E-state index in [1.54, 1.807) is 0 Å². The number of rotatable bonds is 6. The molecule has 4 rings (SSSR count). The molecule has 1 saturated carbocycles. The van der Waals surface area contributed by atoms with Gasteiger partial charge in [0.2, 0.25) is 5.91 Å². The van der Waals surface area contributed by atoms with Crippen LogP contribution in [0.5, 0.6) is 0 Å². The number of hydrogen-bond acceptors (Lipinski definition) is 3. The molecule has 2 fully saturated rings. The number of carbonyl (C=O) groups excluding carboxylic acids is 1. The number of hydrogen-bond donors (Lipinski definition) is 1. The number of aliphatic carboxylic acids is 1. The van der Waals surface area contributed by atoms with Gasteiger partial charge in [-0.25, -0.2) is 0 Å². The third kappa shape index (κ3) is 5.21. The van der Waals surface area contributed by atoms with Crippen molar-refractivity contribution in [1.82, 2.24) is 4.90 Å². The normalized spacial score (nSPS) is 28.4. The van der Waals surface area contributed by atoms with E-state index in [0.717, 1.165) is 55.0 Å². The van der Waals surface area contributed by atoms with Crippen LogP contribution in [0.1, 0.15) is 77.3 Å². The van der Waals surface area contributed by atoms with Gasteiger partial charge < -0.3 is 14.7 Å². The molecule has 34 heavy (non-hydrogen) atoms. The molecule has 5 nitrogen and oxygen atoms in total. The predicted molar refractivity (Wildman–Crippen MR) is 134 cm³/mol. The Morgan fingerprint density at radius 1 is 1.24 bits per heavy atom. The molecule has 2 aliphatic heterocycles. The van der Waals surface area contributed by atoms with Crippen LogP contribution in [-0.2, 0) is 26.2 Å². The lowest BCUT2D eigenvalue weighted by Crippen LogP contribution is -2.52. The van der Waals surface area contributed by atoms with Crippen molar-refractivity contribution < 1.29 is 19.4 Å². The lowest BCUT2D eigenvalue weighted by atomic mass is 9.65. The molecular weight excluding hydrogens is 450 g/mol. The highest BCUT2D eigenvalue weighted by Crippen LogP contribution is 2.48. The Morgan fingerprint density at radius 3 is 2.50 bits per heavy atom. The summed E-state index contributed by atoms with van der Waals surface area (Å²) in [5.41, 5.74) is 3.30. The molecular formula is C28H38ClNO4. The highest BCUT2D eigenvalue weighted by atomic mass is 35.5. The summed E-state index contributed by atoms with van der Waals surface area (Å²) >= 11 is 6.78. The van der Waals surface area contributed by atoms with Gasteiger partial charge in [-0.2, -0.15) is 0 Å². The van der Waals surface area contributed by atoms with Crippen LogP contribution in [0.3, 0.4) is 0 Å². The summed E-state index contributed by atoms with van der Waals surface area (Å²) in [7, 11) is 0. The van der Waals surface area contributed by atoms with Gasteiger partial charge in [0.25, 0.3) is 0 Å². The molecule has 1 aromatic rings. The van der Waals surface area contributed by atoms with Crippen molar-refractivity contribution in [2.45, 2.75) is 84.1 Å². The van der Waals surface area contributed by atoms with Crippen molar-refractivity contribution in [3.05, 3.63) is 46.1 Å². The van der Waals surface area contributed by atoms with Gasteiger partial charge in [0, 0.05) is 42.3 Å². The van der Waals surface area contributed by atoms with E-state index in [4.69, 9.17) is 16.3 Å². The minimum atomic E-state index is -0.764. The zero-order chi connectivity index (χ0) is 24.7. The van der Waals surface area contributed by atoms with Crippen molar-refractivity contribution in [2.24, 2.45) is 17.3 Å². The van der Waals surface area contributed by atoms with Crippen molar-refractivity contribution in [1.29, 1.82) is 0 Å². The summed E-state index contributed by atoms with van der Waals surface area (Å²) in [6.45, 7) is 10.3. The largest absolute Gasteiger partial charge is 0.481 e. The summed E-state index contributed by atoms with van der Waals surface area (Å²) in [5.74, 6) is -0.699. The monoisotopic (exact) mass is 487 g/mol. The molecule has 2 heterocycles. The molecule has 6 heteroatoms. The molecule has 0 unspecified atom stereocenters. The van der Waals surface area contributed by atoms with Crippen LogP contribution < -0.4 is 0 Å². The van der Waals surface area contributed by atoms with Crippen LogP contribution >= 0.6 is 11.6 Å².